The average molecular weight is 549 g/mol. The highest BCUT2D eigenvalue weighted by molar-refractivity contribution is 7.98. The third-order valence-electron chi connectivity index (χ3n) is 5.64. The Morgan fingerprint density at radius 1 is 0.750 bits per heavy atom. The van der Waals surface area contributed by atoms with Crippen LogP contribution in [-0.2, 0) is 5.60 Å². The van der Waals surface area contributed by atoms with Crippen molar-refractivity contribution in [1.82, 2.24) is 4.31 Å². The molecule has 0 atom stereocenters. The molecule has 0 spiro atoms. The lowest BCUT2D eigenvalue weighted by Crippen LogP contribution is -2.53. The van der Waals surface area contributed by atoms with Gasteiger partial charge in [-0.2, -0.15) is 26.3 Å². The van der Waals surface area contributed by atoms with Crippen LogP contribution in [0.4, 0.5) is 32.0 Å². The molecule has 11 heteroatoms. The molecule has 3 nitrogen and oxygen atoms in total. The molecule has 0 aliphatic carbocycles. The Morgan fingerprint density at radius 3 is 1.67 bits per heavy atom. The van der Waals surface area contributed by atoms with Crippen LogP contribution in [0.3, 0.4) is 0 Å². The van der Waals surface area contributed by atoms with Crippen molar-refractivity contribution in [3.05, 3.63) is 82.7 Å². The molecule has 1 aromatic heterocycles. The second-order valence-electron chi connectivity index (χ2n) is 8.35. The van der Waals surface area contributed by atoms with Crippen LogP contribution in [0.1, 0.15) is 16.7 Å². The number of benzene rings is 2. The molecule has 3 aromatic rings. The summed E-state index contributed by atoms with van der Waals surface area (Å²) in [6.07, 6.45) is -11.8. The molecule has 196 valence electrons. The number of rotatable bonds is 4. The van der Waals surface area contributed by atoms with Gasteiger partial charge in [0.05, 0.1) is 4.21 Å². The number of aryl methyl sites for hydroxylation is 2. The van der Waals surface area contributed by atoms with Gasteiger partial charge in [-0.1, -0.05) is 53.6 Å². The van der Waals surface area contributed by atoms with Gasteiger partial charge in [0.1, 0.15) is 0 Å². The molecule has 2 aromatic carbocycles. The van der Waals surface area contributed by atoms with Crippen molar-refractivity contribution in [1.29, 1.82) is 0 Å². The zero-order chi connectivity index (χ0) is 26.6. The predicted molar refractivity (Wildman–Crippen MR) is 132 cm³/mol. The summed E-state index contributed by atoms with van der Waals surface area (Å²) in [5, 5.41) is 11.4. The molecule has 1 N–H and O–H groups in total. The van der Waals surface area contributed by atoms with E-state index in [4.69, 9.17) is 0 Å². The van der Waals surface area contributed by atoms with Crippen LogP contribution in [-0.4, -0.2) is 47.9 Å². The van der Waals surface area contributed by atoms with Crippen molar-refractivity contribution in [2.45, 2.75) is 36.0 Å². The van der Waals surface area contributed by atoms with E-state index in [2.05, 4.69) is 42.4 Å². The SMILES string of the molecule is Cc1ccc(C)cc1.OC(c1ccc(N2CCN(Sc3cccs3)CC2)cc1)(C(F)(F)F)C(F)(F)F. The van der Waals surface area contributed by atoms with Gasteiger partial charge in [-0.3, -0.25) is 0 Å². The summed E-state index contributed by atoms with van der Waals surface area (Å²) in [6, 6.07) is 16.2. The first-order valence-corrected chi connectivity index (χ1v) is 12.7. The largest absolute Gasteiger partial charge is 0.430 e. The van der Waals surface area contributed by atoms with Gasteiger partial charge >= 0.3 is 12.4 Å². The number of hydrogen-bond acceptors (Lipinski definition) is 5. The van der Waals surface area contributed by atoms with Crippen LogP contribution >= 0.6 is 23.3 Å². The van der Waals surface area contributed by atoms with Gasteiger partial charge in [0.15, 0.2) is 0 Å². The normalized spacial score (nSPS) is 15.4. The fraction of sp³-hybridized carbons (Fsp3) is 0.360. The van der Waals surface area contributed by atoms with E-state index in [0.717, 1.165) is 4.21 Å². The Bertz CT molecular complexity index is 1040. The fourth-order valence-corrected chi connectivity index (χ4v) is 5.36. The highest BCUT2D eigenvalue weighted by atomic mass is 32.2. The number of anilines is 1. The molecule has 0 unspecified atom stereocenters. The third kappa shape index (κ3) is 6.76. The molecular formula is C25H26F6N2OS2. The van der Waals surface area contributed by atoms with Gasteiger partial charge in [-0.15, -0.1) is 11.3 Å². The van der Waals surface area contributed by atoms with Crippen LogP contribution in [0.5, 0.6) is 0 Å². The van der Waals surface area contributed by atoms with E-state index in [9.17, 15) is 31.4 Å². The maximum Gasteiger partial charge on any atom is 0.430 e. The number of halogens is 6. The minimum atomic E-state index is -5.88. The summed E-state index contributed by atoms with van der Waals surface area (Å²) in [6.45, 7) is 6.75. The number of aliphatic hydroxyl groups is 1. The first-order valence-electron chi connectivity index (χ1n) is 11.0. The Morgan fingerprint density at radius 2 is 1.25 bits per heavy atom. The average Bonchev–Trinajstić information content (AvgIpc) is 3.33. The highest BCUT2D eigenvalue weighted by Gasteiger charge is 2.71. The van der Waals surface area contributed by atoms with Crippen molar-refractivity contribution >= 4 is 29.0 Å². The molecule has 1 saturated heterocycles. The molecule has 36 heavy (non-hydrogen) atoms. The van der Waals surface area contributed by atoms with Crippen molar-refractivity contribution in [3.8, 4) is 0 Å². The summed E-state index contributed by atoms with van der Waals surface area (Å²) in [5.74, 6) is 0. The highest BCUT2D eigenvalue weighted by Crippen LogP contribution is 2.50. The number of thiophene rings is 1. The summed E-state index contributed by atoms with van der Waals surface area (Å²) < 4.78 is 81.0. The Hall–Kier alpha value is -2.21. The molecule has 0 bridgehead atoms. The van der Waals surface area contributed by atoms with Crippen molar-refractivity contribution in [3.63, 3.8) is 0 Å². The van der Waals surface area contributed by atoms with Crippen LogP contribution < -0.4 is 4.90 Å². The number of alkyl halides is 6. The van der Waals surface area contributed by atoms with Crippen molar-refractivity contribution in [2.75, 3.05) is 31.1 Å². The molecule has 1 aliphatic rings. The minimum Gasteiger partial charge on any atom is -0.369 e. The van der Waals surface area contributed by atoms with Gasteiger partial charge in [0.25, 0.3) is 5.60 Å². The molecule has 2 heterocycles. The maximum atomic E-state index is 13.0. The minimum absolute atomic E-state index is 0.510. The topological polar surface area (TPSA) is 26.7 Å². The van der Waals surface area contributed by atoms with Gasteiger partial charge in [0.2, 0.25) is 0 Å². The van der Waals surface area contributed by atoms with Gasteiger partial charge in [0, 0.05) is 37.4 Å². The van der Waals surface area contributed by atoms with Crippen LogP contribution in [0.15, 0.2) is 70.3 Å². The Labute approximate surface area is 214 Å². The molecule has 0 amide bonds. The second kappa shape index (κ2) is 11.5. The van der Waals surface area contributed by atoms with Crippen LogP contribution in [0.2, 0.25) is 0 Å². The van der Waals surface area contributed by atoms with Gasteiger partial charge in [-0.05, 0) is 49.4 Å². The Balaban J connectivity index is 0.000000383. The quantitative estimate of drug-likeness (QED) is 0.276. The maximum absolute atomic E-state index is 13.0. The third-order valence-corrected chi connectivity index (χ3v) is 7.75. The summed E-state index contributed by atoms with van der Waals surface area (Å²) >= 11 is 3.24. The molecule has 4 rings (SSSR count). The van der Waals surface area contributed by atoms with Crippen LogP contribution in [0, 0.1) is 13.8 Å². The lowest BCUT2D eigenvalue weighted by molar-refractivity contribution is -0.376. The monoisotopic (exact) mass is 548 g/mol. The van der Waals surface area contributed by atoms with E-state index in [1.165, 1.54) is 23.3 Å². The van der Waals surface area contributed by atoms with E-state index in [0.29, 0.717) is 44.0 Å². The lowest BCUT2D eigenvalue weighted by atomic mass is 9.92. The number of piperazine rings is 1. The fourth-order valence-electron chi connectivity index (χ4n) is 3.52. The number of nitrogens with zero attached hydrogens (tertiary/aromatic N) is 2. The zero-order valence-corrected chi connectivity index (χ0v) is 21.2. The summed E-state index contributed by atoms with van der Waals surface area (Å²) in [7, 11) is 0. The van der Waals surface area contributed by atoms with E-state index in [-0.39, 0.29) is 0 Å². The predicted octanol–water partition coefficient (Wildman–Crippen LogP) is 7.19. The van der Waals surface area contributed by atoms with Gasteiger partial charge in [-0.25, -0.2) is 4.31 Å². The second-order valence-corrected chi connectivity index (χ2v) is 10.7. The molecular weight excluding hydrogens is 522 g/mol. The van der Waals surface area contributed by atoms with Crippen molar-refractivity contribution in [2.24, 2.45) is 0 Å². The van der Waals surface area contributed by atoms with Gasteiger partial charge < -0.3 is 10.0 Å². The molecule has 0 saturated carbocycles. The summed E-state index contributed by atoms with van der Waals surface area (Å²) in [4.78, 5) is 1.88. The molecule has 1 aliphatic heterocycles. The standard InChI is InChI=1S/C17H16F6N2OS2.C8H10/c18-16(19,20)15(26,17(21,22)23)12-3-5-13(6-4-12)24-7-9-25(10-8-24)28-14-2-1-11-27-14;1-7-3-5-8(2)6-4-7/h1-6,11,26H,7-10H2;3-6H,1-2H3. The summed E-state index contributed by atoms with van der Waals surface area (Å²) in [5.41, 5.74) is -2.97. The molecule has 1 fully saturated rings. The zero-order valence-electron chi connectivity index (χ0n) is 19.6. The molecule has 0 radical (unpaired) electrons. The van der Waals surface area contributed by atoms with E-state index in [1.807, 2.05) is 22.4 Å². The van der Waals surface area contributed by atoms with E-state index in [1.54, 1.807) is 23.3 Å². The van der Waals surface area contributed by atoms with E-state index >= 15 is 0 Å². The smallest absolute Gasteiger partial charge is 0.369 e. The lowest BCUT2D eigenvalue weighted by Gasteiger charge is -2.36. The first-order chi connectivity index (χ1) is 16.8. The number of hydrogen-bond donors (Lipinski definition) is 1. The van der Waals surface area contributed by atoms with E-state index < -0.39 is 23.5 Å². The van der Waals surface area contributed by atoms with Crippen LogP contribution in [0.25, 0.3) is 0 Å². The Kier molecular flexibility index (Phi) is 9.02. The van der Waals surface area contributed by atoms with Crippen molar-refractivity contribution < 1.29 is 31.4 Å². The first kappa shape index (κ1) is 28.4.